The SMILES string of the molecule is CC(C)C[C@@H](C)C(=O)N(C)[C@@H](C)C(=O)N(C)[C@@H](CC(C)C)C(=O)N[C@H](C(=O)N(C)[C@@H](C)C(=O)N(C)[C@H](C)C(=O)N[C@H](CC(C)C)C(N)=O)C1[C@@H](C)[C@@H]1C.CC(C)C[C@@H](C)C(=O)N(C)[C@@H](C)C(=O)N(C)[C@@H](CC(C)C)C(=O)N[C@H](C(=O)N(C)[C@@H](C)C(=O)N(C)[C@H](C)C(=O)N[C@H](CC(C)C)C(N)=O)C1[C@@H](C)[C@@H]1C. The molecule has 0 spiro atoms. The second kappa shape index (κ2) is 42.4. The van der Waals surface area contributed by atoms with Gasteiger partial charge in [-0.1, -0.05) is 125 Å². The maximum absolute atomic E-state index is 14.2. The Balaban J connectivity index is 0.00000106. The molecular weight excluding hydrogens is 1360 g/mol. The molecule has 2 aliphatic carbocycles. The van der Waals surface area contributed by atoms with Crippen molar-refractivity contribution < 1.29 is 67.1 Å². The number of nitrogens with two attached hydrogens (primary N) is 2. The van der Waals surface area contributed by atoms with Gasteiger partial charge in [-0.25, -0.2) is 0 Å². The summed E-state index contributed by atoms with van der Waals surface area (Å²) >= 11 is 0. The number of amides is 14. The van der Waals surface area contributed by atoms with Crippen molar-refractivity contribution in [3.63, 3.8) is 0 Å². The van der Waals surface area contributed by atoms with Crippen LogP contribution in [0.2, 0.25) is 0 Å². The molecule has 2 aliphatic rings. The number of hydrogen-bond donors (Lipinski definition) is 6. The van der Waals surface area contributed by atoms with E-state index in [1.165, 1.54) is 81.2 Å². The highest BCUT2D eigenvalue weighted by Crippen LogP contribution is 2.49. The third kappa shape index (κ3) is 27.1. The minimum Gasteiger partial charge on any atom is -0.368 e. The van der Waals surface area contributed by atoms with E-state index in [1.54, 1.807) is 55.9 Å². The molecule has 8 N–H and O–H groups in total. The van der Waals surface area contributed by atoms with Crippen molar-refractivity contribution in [2.75, 3.05) is 56.4 Å². The van der Waals surface area contributed by atoms with Gasteiger partial charge < -0.3 is 71.9 Å². The van der Waals surface area contributed by atoms with E-state index < -0.39 is 143 Å². The van der Waals surface area contributed by atoms with Crippen molar-refractivity contribution in [2.45, 2.75) is 277 Å². The highest BCUT2D eigenvalue weighted by atomic mass is 16.2. The smallest absolute Gasteiger partial charge is 0.245 e. The fraction of sp³-hybridized carbons (Fsp3) is 0.821. The molecule has 0 radical (unpaired) electrons. The Kier molecular flexibility index (Phi) is 38.6. The Morgan fingerprint density at radius 1 is 0.264 bits per heavy atom. The van der Waals surface area contributed by atoms with Crippen LogP contribution in [-0.2, 0) is 67.1 Å². The molecule has 18 atom stereocenters. The molecule has 2 rings (SSSR count). The summed E-state index contributed by atoms with van der Waals surface area (Å²) in [6.07, 6.45) is 2.71. The van der Waals surface area contributed by atoms with Crippen LogP contribution < -0.4 is 32.7 Å². The molecular formula is C78H142N14O14. The number of carbonyl (C=O) groups excluding carboxylic acids is 14. The lowest BCUT2D eigenvalue weighted by Crippen LogP contribution is -2.60. The van der Waals surface area contributed by atoms with Gasteiger partial charge in [-0.2, -0.15) is 0 Å². The number of nitrogens with one attached hydrogen (secondary N) is 4. The summed E-state index contributed by atoms with van der Waals surface area (Å²) in [5.74, 6) is -6.03. The normalized spacial score (nSPS) is 20.7. The van der Waals surface area contributed by atoms with Gasteiger partial charge in [0.2, 0.25) is 82.7 Å². The van der Waals surface area contributed by atoms with Gasteiger partial charge >= 0.3 is 0 Å². The van der Waals surface area contributed by atoms with Gasteiger partial charge in [-0.05, 0) is 151 Å². The van der Waals surface area contributed by atoms with E-state index in [0.717, 1.165) is 0 Å². The molecule has 0 aliphatic heterocycles. The van der Waals surface area contributed by atoms with Crippen LogP contribution in [0.3, 0.4) is 0 Å². The highest BCUT2D eigenvalue weighted by Gasteiger charge is 2.55. The van der Waals surface area contributed by atoms with Gasteiger partial charge in [-0.15, -0.1) is 0 Å². The second-order valence-electron chi connectivity index (χ2n) is 33.8. The first kappa shape index (κ1) is 96.6. The molecule has 0 aromatic carbocycles. The second-order valence-corrected chi connectivity index (χ2v) is 33.8. The lowest BCUT2D eigenvalue weighted by molar-refractivity contribution is -0.150. The zero-order valence-corrected chi connectivity index (χ0v) is 70.7. The molecule has 2 saturated carbocycles. The Morgan fingerprint density at radius 2 is 0.472 bits per heavy atom. The van der Waals surface area contributed by atoms with Crippen molar-refractivity contribution in [2.24, 2.45) is 94.3 Å². The van der Waals surface area contributed by atoms with Gasteiger partial charge in [0.05, 0.1) is 0 Å². The standard InChI is InChI=1S/2C39H71N7O7/c2*1-20(2)17-23(7)36(50)44(14)28(12)38(52)46(16)30(19-22(5)6)35(49)42-32(31-24(8)25(31)9)39(53)45(15)27(11)37(51)43(13)26(10)34(48)41-29(33(40)47)18-21(3)4/h2*20-32H,17-19H2,1-16H3,(H2,40,47)(H,41,48)(H,42,49)/t2*23-,24+,25+,26-,27+,28+,29-,30+,32+/m11/s1. The summed E-state index contributed by atoms with van der Waals surface area (Å²) in [7, 11) is 12.2. The molecule has 28 heteroatoms. The third-order valence-corrected chi connectivity index (χ3v) is 22.3. The van der Waals surface area contributed by atoms with Crippen molar-refractivity contribution in [3.05, 3.63) is 0 Å². The molecule has 2 fully saturated rings. The van der Waals surface area contributed by atoms with Crippen LogP contribution >= 0.6 is 0 Å². The first-order valence-electron chi connectivity index (χ1n) is 38.5. The van der Waals surface area contributed by atoms with Crippen molar-refractivity contribution >= 4 is 82.7 Å². The summed E-state index contributed by atoms with van der Waals surface area (Å²) in [5, 5.41) is 11.2. The average molecular weight is 1500 g/mol. The minimum atomic E-state index is -1.00. The molecule has 28 nitrogen and oxygen atoms in total. The lowest BCUT2D eigenvalue weighted by atomic mass is 9.97. The van der Waals surface area contributed by atoms with Crippen LogP contribution in [0.1, 0.15) is 205 Å². The van der Waals surface area contributed by atoms with Crippen LogP contribution in [-0.4, -0.2) is 251 Å². The quantitative estimate of drug-likeness (QED) is 0.0472. The first-order chi connectivity index (χ1) is 48.5. The molecule has 0 saturated heterocycles. The molecule has 0 bridgehead atoms. The van der Waals surface area contributed by atoms with Crippen molar-refractivity contribution in [1.29, 1.82) is 0 Å². The van der Waals surface area contributed by atoms with Gasteiger partial charge in [0, 0.05) is 68.2 Å². The van der Waals surface area contributed by atoms with Crippen LogP contribution in [0, 0.1) is 82.9 Å². The number of hydrogen-bond acceptors (Lipinski definition) is 14. The Morgan fingerprint density at radius 3 is 0.679 bits per heavy atom. The van der Waals surface area contributed by atoms with Crippen LogP contribution in [0.25, 0.3) is 0 Å². The topological polar surface area (TPSA) is 365 Å². The van der Waals surface area contributed by atoms with E-state index in [-0.39, 0.29) is 82.8 Å². The fourth-order valence-electron chi connectivity index (χ4n) is 14.0. The van der Waals surface area contributed by atoms with Crippen molar-refractivity contribution in [3.8, 4) is 0 Å². The van der Waals surface area contributed by atoms with E-state index in [0.29, 0.717) is 50.4 Å². The van der Waals surface area contributed by atoms with E-state index in [1.807, 2.05) is 125 Å². The summed E-state index contributed by atoms with van der Waals surface area (Å²) in [4.78, 5) is 198. The Labute approximate surface area is 635 Å². The van der Waals surface area contributed by atoms with E-state index in [4.69, 9.17) is 11.5 Å². The maximum Gasteiger partial charge on any atom is 0.245 e. The maximum atomic E-state index is 14.2. The predicted octanol–water partition coefficient (Wildman–Crippen LogP) is 4.97. The first-order valence-corrected chi connectivity index (χ1v) is 38.5. The van der Waals surface area contributed by atoms with Crippen molar-refractivity contribution in [1.82, 2.24) is 60.5 Å². The highest BCUT2D eigenvalue weighted by molar-refractivity contribution is 5.99. The Hall–Kier alpha value is -7.42. The van der Waals surface area contributed by atoms with Crippen LogP contribution in [0.15, 0.2) is 0 Å². The van der Waals surface area contributed by atoms with Crippen LogP contribution in [0.5, 0.6) is 0 Å². The summed E-state index contributed by atoms with van der Waals surface area (Å²) in [6.45, 7) is 44.7. The third-order valence-electron chi connectivity index (χ3n) is 22.3. The molecule has 0 aromatic rings. The molecule has 0 unspecified atom stereocenters. The molecule has 14 amide bonds. The molecule has 106 heavy (non-hydrogen) atoms. The largest absolute Gasteiger partial charge is 0.368 e. The molecule has 0 aromatic heterocycles. The lowest BCUT2D eigenvalue weighted by Gasteiger charge is -2.36. The van der Waals surface area contributed by atoms with Crippen LogP contribution in [0.4, 0.5) is 0 Å². The van der Waals surface area contributed by atoms with E-state index in [2.05, 4.69) is 21.3 Å². The zero-order chi connectivity index (χ0) is 82.8. The minimum absolute atomic E-state index is 0.0216. The number of rotatable bonds is 40. The number of likely N-dealkylation sites (N-methyl/N-ethyl adjacent to an activating group) is 8. The zero-order valence-electron chi connectivity index (χ0n) is 70.7. The molecule has 608 valence electrons. The monoisotopic (exact) mass is 1500 g/mol. The summed E-state index contributed by atoms with van der Waals surface area (Å²) in [6, 6.07) is -11.1. The van der Waals surface area contributed by atoms with E-state index >= 15 is 0 Å². The summed E-state index contributed by atoms with van der Waals surface area (Å²) in [5.41, 5.74) is 11.0. The number of primary amides is 2. The molecule has 0 heterocycles. The Bertz CT molecular complexity index is 2820. The fourth-order valence-corrected chi connectivity index (χ4v) is 14.0. The van der Waals surface area contributed by atoms with Gasteiger partial charge in [0.1, 0.15) is 72.5 Å². The van der Waals surface area contributed by atoms with E-state index in [9.17, 15) is 67.1 Å². The number of carbonyl (C=O) groups is 14. The van der Waals surface area contributed by atoms with Gasteiger partial charge in [0.25, 0.3) is 0 Å². The van der Waals surface area contributed by atoms with Gasteiger partial charge in [-0.3, -0.25) is 67.1 Å². The average Bonchev–Trinajstić information content (AvgIpc) is 1.62. The summed E-state index contributed by atoms with van der Waals surface area (Å²) < 4.78 is 0. The predicted molar refractivity (Wildman–Crippen MR) is 411 cm³/mol. The van der Waals surface area contributed by atoms with Gasteiger partial charge in [0.15, 0.2) is 0 Å². The number of nitrogens with zero attached hydrogens (tertiary/aromatic N) is 8.